The number of hydrogen-bond acceptors (Lipinski definition) is 2. The molecule has 0 atom stereocenters. The molecule has 6 heteroatoms. The second-order valence-electron chi connectivity index (χ2n) is 6.46. The Kier molecular flexibility index (Phi) is 5.00. The summed E-state index contributed by atoms with van der Waals surface area (Å²) in [5.41, 5.74) is 2.27. The van der Waals surface area contributed by atoms with Crippen molar-refractivity contribution >= 4 is 38.9 Å². The Hall–Kier alpha value is -1.23. The number of nitrogens with one attached hydrogen (secondary N) is 1. The molecule has 0 aliphatic heterocycles. The van der Waals surface area contributed by atoms with Crippen molar-refractivity contribution in [2.24, 2.45) is 0 Å². The Labute approximate surface area is 147 Å². The van der Waals surface area contributed by atoms with E-state index in [4.69, 9.17) is 23.2 Å². The van der Waals surface area contributed by atoms with Crippen LogP contribution in [0, 0.1) is 6.92 Å². The summed E-state index contributed by atoms with van der Waals surface area (Å²) in [6, 6.07) is 10.2. The molecule has 23 heavy (non-hydrogen) atoms. The Morgan fingerprint density at radius 1 is 0.957 bits per heavy atom. The number of rotatable bonds is 3. The lowest BCUT2D eigenvalue weighted by Gasteiger charge is -2.19. The van der Waals surface area contributed by atoms with Crippen molar-refractivity contribution in [1.29, 1.82) is 0 Å². The summed E-state index contributed by atoms with van der Waals surface area (Å²) in [5.74, 6) is 0. The summed E-state index contributed by atoms with van der Waals surface area (Å²) in [4.78, 5) is 0.0148. The summed E-state index contributed by atoms with van der Waals surface area (Å²) in [6.07, 6.45) is 0. The summed E-state index contributed by atoms with van der Waals surface area (Å²) in [7, 11) is -3.77. The Bertz CT molecular complexity index is 823. The molecule has 0 amide bonds. The second-order valence-corrected chi connectivity index (χ2v) is 8.93. The first kappa shape index (κ1) is 18.1. The van der Waals surface area contributed by atoms with Crippen molar-refractivity contribution < 1.29 is 8.42 Å². The molecule has 1 N–H and O–H groups in total. The van der Waals surface area contributed by atoms with Gasteiger partial charge in [0.15, 0.2) is 0 Å². The van der Waals surface area contributed by atoms with Gasteiger partial charge in [0.25, 0.3) is 10.0 Å². The zero-order chi connectivity index (χ0) is 17.4. The van der Waals surface area contributed by atoms with Gasteiger partial charge >= 0.3 is 0 Å². The maximum Gasteiger partial charge on any atom is 0.263 e. The molecule has 0 aliphatic rings. The van der Waals surface area contributed by atoms with Crippen molar-refractivity contribution in [3.05, 3.63) is 57.6 Å². The first-order chi connectivity index (χ1) is 10.5. The fourth-order valence-electron chi connectivity index (χ4n) is 2.09. The van der Waals surface area contributed by atoms with Crippen LogP contribution in [0.3, 0.4) is 0 Å². The van der Waals surface area contributed by atoms with Crippen LogP contribution in [0.1, 0.15) is 31.9 Å². The topological polar surface area (TPSA) is 46.2 Å². The van der Waals surface area contributed by atoms with E-state index in [-0.39, 0.29) is 15.3 Å². The fraction of sp³-hybridized carbons (Fsp3) is 0.294. The molecule has 0 fully saturated rings. The van der Waals surface area contributed by atoms with Crippen molar-refractivity contribution in [2.45, 2.75) is 38.0 Å². The highest BCUT2D eigenvalue weighted by Gasteiger charge is 2.20. The number of aryl methyl sites for hydroxylation is 1. The molecule has 3 nitrogen and oxygen atoms in total. The van der Waals surface area contributed by atoms with Gasteiger partial charge in [-0.05, 0) is 47.7 Å². The van der Waals surface area contributed by atoms with Gasteiger partial charge in [0, 0.05) is 10.7 Å². The highest BCUT2D eigenvalue weighted by atomic mass is 35.5. The lowest BCUT2D eigenvalue weighted by molar-refractivity contribution is 0.590. The summed E-state index contributed by atoms with van der Waals surface area (Å²) < 4.78 is 27.6. The molecule has 0 saturated heterocycles. The number of sulfonamides is 1. The molecule has 0 heterocycles. The van der Waals surface area contributed by atoms with Gasteiger partial charge in [-0.3, -0.25) is 4.72 Å². The third-order valence-electron chi connectivity index (χ3n) is 3.51. The van der Waals surface area contributed by atoms with E-state index >= 15 is 0 Å². The standard InChI is InChI=1S/C17H19Cl2NO2S/c1-11-9-16(15(19)10-14(11)18)23(21,22)20-13-7-5-12(6-8-13)17(2,3)4/h5-10,20H,1-4H3. The predicted octanol–water partition coefficient (Wildman–Crippen LogP) is 5.40. The van der Waals surface area contributed by atoms with Gasteiger partial charge < -0.3 is 0 Å². The van der Waals surface area contributed by atoms with Crippen LogP contribution in [-0.4, -0.2) is 8.42 Å². The molecule has 0 aromatic heterocycles. The minimum absolute atomic E-state index is 0.00794. The molecule has 2 aromatic rings. The molecular formula is C17H19Cl2NO2S. The third-order valence-corrected chi connectivity index (χ3v) is 5.76. The average molecular weight is 372 g/mol. The first-order valence-electron chi connectivity index (χ1n) is 7.10. The SMILES string of the molecule is Cc1cc(S(=O)(=O)Nc2ccc(C(C)(C)C)cc2)c(Cl)cc1Cl. The largest absolute Gasteiger partial charge is 0.280 e. The molecule has 0 saturated carbocycles. The smallest absolute Gasteiger partial charge is 0.263 e. The van der Waals surface area contributed by atoms with Crippen molar-refractivity contribution in [2.75, 3.05) is 4.72 Å². The number of halogens is 2. The molecule has 0 spiro atoms. The second kappa shape index (κ2) is 6.34. The predicted molar refractivity (Wildman–Crippen MR) is 97.1 cm³/mol. The average Bonchev–Trinajstić information content (AvgIpc) is 2.41. The summed E-state index contributed by atoms with van der Waals surface area (Å²) >= 11 is 12.0. The van der Waals surface area contributed by atoms with E-state index < -0.39 is 10.0 Å². The van der Waals surface area contributed by atoms with Crippen molar-refractivity contribution in [3.8, 4) is 0 Å². The minimum Gasteiger partial charge on any atom is -0.280 e. The van der Waals surface area contributed by atoms with Gasteiger partial charge in [0.1, 0.15) is 4.90 Å². The quantitative estimate of drug-likeness (QED) is 0.784. The van der Waals surface area contributed by atoms with E-state index in [1.54, 1.807) is 19.1 Å². The van der Waals surface area contributed by atoms with Gasteiger partial charge in [0.05, 0.1) is 5.02 Å². The third kappa shape index (κ3) is 4.19. The van der Waals surface area contributed by atoms with E-state index in [2.05, 4.69) is 25.5 Å². The monoisotopic (exact) mass is 371 g/mol. The van der Waals surface area contributed by atoms with Crippen LogP contribution in [0.2, 0.25) is 10.0 Å². The Morgan fingerprint density at radius 2 is 1.52 bits per heavy atom. The van der Waals surface area contributed by atoms with Crippen LogP contribution in [0.15, 0.2) is 41.3 Å². The highest BCUT2D eigenvalue weighted by Crippen LogP contribution is 2.30. The highest BCUT2D eigenvalue weighted by molar-refractivity contribution is 7.92. The Morgan fingerprint density at radius 3 is 2.04 bits per heavy atom. The molecular weight excluding hydrogens is 353 g/mol. The molecule has 0 bridgehead atoms. The van der Waals surface area contributed by atoms with Gasteiger partial charge in [-0.15, -0.1) is 0 Å². The summed E-state index contributed by atoms with van der Waals surface area (Å²) in [6.45, 7) is 8.03. The molecule has 0 aliphatic carbocycles. The van der Waals surface area contributed by atoms with Crippen molar-refractivity contribution in [3.63, 3.8) is 0 Å². The van der Waals surface area contributed by atoms with Gasteiger partial charge in [-0.1, -0.05) is 56.1 Å². The molecule has 0 radical (unpaired) electrons. The van der Waals surface area contributed by atoms with Crippen molar-refractivity contribution in [1.82, 2.24) is 0 Å². The molecule has 2 aromatic carbocycles. The Balaban J connectivity index is 2.34. The minimum atomic E-state index is -3.77. The van der Waals surface area contributed by atoms with E-state index in [9.17, 15) is 8.42 Å². The summed E-state index contributed by atoms with van der Waals surface area (Å²) in [5, 5.41) is 0.530. The maximum absolute atomic E-state index is 12.5. The lowest BCUT2D eigenvalue weighted by atomic mass is 9.87. The van der Waals surface area contributed by atoms with Gasteiger partial charge in [-0.2, -0.15) is 0 Å². The van der Waals surface area contributed by atoms with E-state index in [0.29, 0.717) is 16.3 Å². The van der Waals surface area contributed by atoms with Crippen LogP contribution in [0.4, 0.5) is 5.69 Å². The van der Waals surface area contributed by atoms with Crippen LogP contribution < -0.4 is 4.72 Å². The number of hydrogen-bond donors (Lipinski definition) is 1. The number of anilines is 1. The lowest BCUT2D eigenvalue weighted by Crippen LogP contribution is -2.15. The van der Waals surface area contributed by atoms with Gasteiger partial charge in [-0.25, -0.2) is 8.42 Å². The zero-order valence-corrected chi connectivity index (χ0v) is 15.8. The molecule has 2 rings (SSSR count). The van der Waals surface area contributed by atoms with Crippen LogP contribution in [-0.2, 0) is 15.4 Å². The fourth-order valence-corrected chi connectivity index (χ4v) is 3.98. The van der Waals surface area contributed by atoms with Gasteiger partial charge in [0.2, 0.25) is 0 Å². The zero-order valence-electron chi connectivity index (χ0n) is 13.4. The van der Waals surface area contributed by atoms with E-state index in [0.717, 1.165) is 5.56 Å². The van der Waals surface area contributed by atoms with E-state index in [1.807, 2.05) is 12.1 Å². The normalized spacial score (nSPS) is 12.3. The van der Waals surface area contributed by atoms with Crippen LogP contribution in [0.25, 0.3) is 0 Å². The molecule has 0 unspecified atom stereocenters. The van der Waals surface area contributed by atoms with Crippen LogP contribution in [0.5, 0.6) is 0 Å². The van der Waals surface area contributed by atoms with E-state index in [1.165, 1.54) is 12.1 Å². The first-order valence-corrected chi connectivity index (χ1v) is 9.33. The molecule has 124 valence electrons. The number of benzene rings is 2. The maximum atomic E-state index is 12.5. The van der Waals surface area contributed by atoms with Crippen LogP contribution >= 0.6 is 23.2 Å².